The van der Waals surface area contributed by atoms with E-state index in [0.29, 0.717) is 5.17 Å². The van der Waals surface area contributed by atoms with Gasteiger partial charge < -0.3 is 9.88 Å². The third kappa shape index (κ3) is 3.54. The Balaban J connectivity index is 1.50. The molecule has 0 fully saturated rings. The molecular formula is C23H25N3S. The molecule has 4 heteroatoms. The quantitative estimate of drug-likeness (QED) is 0.442. The highest BCUT2D eigenvalue weighted by atomic mass is 32.2. The lowest BCUT2D eigenvalue weighted by Gasteiger charge is -2.31. The molecule has 0 spiro atoms. The molecule has 1 unspecified atom stereocenters. The zero-order valence-corrected chi connectivity index (χ0v) is 16.6. The highest BCUT2D eigenvalue weighted by Gasteiger charge is 2.22. The fraction of sp³-hybridized carbons (Fsp3) is 0.261. The topological polar surface area (TPSA) is 42.9 Å². The van der Waals surface area contributed by atoms with Crippen LogP contribution in [0.25, 0.3) is 10.9 Å². The molecule has 2 heterocycles. The average Bonchev–Trinajstić information content (AvgIpc) is 3.15. The van der Waals surface area contributed by atoms with E-state index in [2.05, 4.69) is 84.5 Å². The van der Waals surface area contributed by atoms with Crippen LogP contribution in [0.5, 0.6) is 0 Å². The minimum Gasteiger partial charge on any atom is -0.361 e. The Labute approximate surface area is 165 Å². The molecule has 4 rings (SSSR count). The van der Waals surface area contributed by atoms with Crippen molar-refractivity contribution in [3.8, 4) is 0 Å². The molecule has 0 radical (unpaired) electrons. The molecule has 2 N–H and O–H groups in total. The summed E-state index contributed by atoms with van der Waals surface area (Å²) in [5.74, 6) is 0.258. The Bertz CT molecular complexity index is 1000. The van der Waals surface area contributed by atoms with Crippen LogP contribution in [-0.4, -0.2) is 21.6 Å². The fourth-order valence-electron chi connectivity index (χ4n) is 3.85. The second-order valence-electron chi connectivity index (χ2n) is 7.05. The second kappa shape index (κ2) is 7.65. The zero-order valence-electron chi connectivity index (χ0n) is 15.8. The number of H-pyrrole nitrogens is 1. The normalized spacial score (nSPS) is 15.6. The molecule has 0 bridgehead atoms. The maximum Gasteiger partial charge on any atom is 0.161 e. The molecule has 138 valence electrons. The third-order valence-electron chi connectivity index (χ3n) is 5.43. The van der Waals surface area contributed by atoms with Crippen LogP contribution in [0.1, 0.15) is 36.5 Å². The van der Waals surface area contributed by atoms with Crippen molar-refractivity contribution in [1.82, 2.24) is 9.88 Å². The van der Waals surface area contributed by atoms with Crippen LogP contribution in [0.15, 0.2) is 65.7 Å². The standard InChI is InChI=1S/C23H25N3S/c1-3-22(16(2)20-14-25-21-11-7-6-10-19(20)21)27-23(24)26-13-12-17-8-4-5-9-18(17)15-26/h3-11,14,16,24-25H,12-13,15H2,1-2H3/b22-3-,24-23?. The van der Waals surface area contributed by atoms with Gasteiger partial charge in [-0.05, 0) is 41.0 Å². The first-order chi connectivity index (χ1) is 13.2. The van der Waals surface area contributed by atoms with Crippen molar-refractivity contribution >= 4 is 27.8 Å². The number of hydrogen-bond donors (Lipinski definition) is 2. The van der Waals surface area contributed by atoms with Gasteiger partial charge in [0.05, 0.1) is 0 Å². The largest absolute Gasteiger partial charge is 0.361 e. The summed E-state index contributed by atoms with van der Waals surface area (Å²) in [7, 11) is 0. The van der Waals surface area contributed by atoms with Crippen LogP contribution in [0.4, 0.5) is 0 Å². The van der Waals surface area contributed by atoms with E-state index in [1.807, 2.05) is 0 Å². The molecule has 3 nitrogen and oxygen atoms in total. The molecule has 1 atom stereocenters. The van der Waals surface area contributed by atoms with E-state index in [-0.39, 0.29) is 5.92 Å². The Hall–Kier alpha value is -2.46. The summed E-state index contributed by atoms with van der Waals surface area (Å²) in [4.78, 5) is 6.79. The van der Waals surface area contributed by atoms with Crippen molar-refractivity contribution in [1.29, 1.82) is 5.41 Å². The summed E-state index contributed by atoms with van der Waals surface area (Å²) >= 11 is 1.60. The summed E-state index contributed by atoms with van der Waals surface area (Å²) in [5.41, 5.74) is 5.23. The van der Waals surface area contributed by atoms with Crippen molar-refractivity contribution < 1.29 is 0 Å². The molecular weight excluding hydrogens is 350 g/mol. The first kappa shape index (κ1) is 17.9. The van der Waals surface area contributed by atoms with Crippen LogP contribution in [0.2, 0.25) is 0 Å². The highest BCUT2D eigenvalue weighted by Crippen LogP contribution is 2.37. The number of hydrogen-bond acceptors (Lipinski definition) is 2. The molecule has 2 aromatic carbocycles. The number of benzene rings is 2. The zero-order chi connectivity index (χ0) is 18.8. The van der Waals surface area contributed by atoms with Gasteiger partial charge in [-0.2, -0.15) is 0 Å². The molecule has 0 saturated carbocycles. The number of thioether (sulfide) groups is 1. The van der Waals surface area contributed by atoms with Crippen LogP contribution >= 0.6 is 11.8 Å². The van der Waals surface area contributed by atoms with E-state index < -0.39 is 0 Å². The summed E-state index contributed by atoms with van der Waals surface area (Å²) in [5, 5.41) is 10.6. The first-order valence-corrected chi connectivity index (χ1v) is 10.3. The highest BCUT2D eigenvalue weighted by molar-refractivity contribution is 8.17. The van der Waals surface area contributed by atoms with Crippen LogP contribution in [0, 0.1) is 5.41 Å². The number of rotatable bonds is 3. The fourth-order valence-corrected chi connectivity index (χ4v) is 4.78. The predicted molar refractivity (Wildman–Crippen MR) is 116 cm³/mol. The molecule has 1 aromatic heterocycles. The van der Waals surface area contributed by atoms with Gasteiger partial charge in [-0.15, -0.1) is 0 Å². The second-order valence-corrected chi connectivity index (χ2v) is 8.11. The summed E-state index contributed by atoms with van der Waals surface area (Å²) in [6, 6.07) is 17.0. The van der Waals surface area contributed by atoms with E-state index in [1.165, 1.54) is 32.5 Å². The summed E-state index contributed by atoms with van der Waals surface area (Å²) < 4.78 is 0. The Morgan fingerprint density at radius 1 is 1.15 bits per heavy atom. The van der Waals surface area contributed by atoms with Crippen LogP contribution in [-0.2, 0) is 13.0 Å². The minimum absolute atomic E-state index is 0.258. The number of amidine groups is 1. The Morgan fingerprint density at radius 3 is 2.70 bits per heavy atom. The predicted octanol–water partition coefficient (Wildman–Crippen LogP) is 5.90. The molecule has 27 heavy (non-hydrogen) atoms. The van der Waals surface area contributed by atoms with Crippen molar-refractivity contribution in [3.63, 3.8) is 0 Å². The van der Waals surface area contributed by atoms with Gasteiger partial charge in [-0.3, -0.25) is 5.41 Å². The monoisotopic (exact) mass is 375 g/mol. The third-order valence-corrected chi connectivity index (χ3v) is 6.71. The van der Waals surface area contributed by atoms with E-state index >= 15 is 0 Å². The molecule has 0 aliphatic carbocycles. The number of nitrogens with one attached hydrogen (secondary N) is 2. The van der Waals surface area contributed by atoms with Gasteiger partial charge in [0.15, 0.2) is 5.17 Å². The molecule has 1 aliphatic rings. The molecule has 3 aromatic rings. The lowest BCUT2D eigenvalue weighted by molar-refractivity contribution is 0.399. The van der Waals surface area contributed by atoms with E-state index in [9.17, 15) is 0 Å². The molecule has 0 amide bonds. The minimum atomic E-state index is 0.258. The lowest BCUT2D eigenvalue weighted by atomic mass is 10.00. The smallest absolute Gasteiger partial charge is 0.161 e. The van der Waals surface area contributed by atoms with Gasteiger partial charge >= 0.3 is 0 Å². The number of nitrogens with zero attached hydrogens (tertiary/aromatic N) is 1. The van der Waals surface area contributed by atoms with E-state index in [0.717, 1.165) is 19.5 Å². The number of allylic oxidation sites excluding steroid dienone is 2. The van der Waals surface area contributed by atoms with Crippen LogP contribution in [0.3, 0.4) is 0 Å². The van der Waals surface area contributed by atoms with Gasteiger partial charge in [0, 0.05) is 36.1 Å². The molecule has 1 aliphatic heterocycles. The van der Waals surface area contributed by atoms with E-state index in [4.69, 9.17) is 5.41 Å². The van der Waals surface area contributed by atoms with Crippen molar-refractivity contribution in [2.75, 3.05) is 6.54 Å². The van der Waals surface area contributed by atoms with Crippen molar-refractivity contribution in [2.45, 2.75) is 32.7 Å². The van der Waals surface area contributed by atoms with E-state index in [1.54, 1.807) is 11.8 Å². The Morgan fingerprint density at radius 2 is 1.89 bits per heavy atom. The summed E-state index contributed by atoms with van der Waals surface area (Å²) in [6.07, 6.45) is 5.28. The average molecular weight is 376 g/mol. The summed E-state index contributed by atoms with van der Waals surface area (Å²) in [6.45, 7) is 6.06. The van der Waals surface area contributed by atoms with Gasteiger partial charge in [-0.25, -0.2) is 0 Å². The molecule has 0 saturated heterocycles. The number of aromatic amines is 1. The van der Waals surface area contributed by atoms with Gasteiger partial charge in [0.25, 0.3) is 0 Å². The van der Waals surface area contributed by atoms with Gasteiger partial charge in [0.1, 0.15) is 0 Å². The number of aromatic nitrogens is 1. The Kier molecular flexibility index (Phi) is 5.08. The van der Waals surface area contributed by atoms with Crippen molar-refractivity contribution in [3.05, 3.63) is 82.4 Å². The van der Waals surface area contributed by atoms with Gasteiger partial charge in [-0.1, -0.05) is 67.2 Å². The van der Waals surface area contributed by atoms with Crippen molar-refractivity contribution in [2.24, 2.45) is 0 Å². The number of fused-ring (bicyclic) bond motifs is 2. The SMILES string of the molecule is C/C=C(\SC(=N)N1CCc2ccccc2C1)C(C)c1c[nH]c2ccccc12. The first-order valence-electron chi connectivity index (χ1n) is 9.47. The van der Waals surface area contributed by atoms with Gasteiger partial charge in [0.2, 0.25) is 0 Å². The maximum absolute atomic E-state index is 8.68. The maximum atomic E-state index is 8.68. The lowest BCUT2D eigenvalue weighted by Crippen LogP contribution is -2.34. The van der Waals surface area contributed by atoms with Crippen LogP contribution < -0.4 is 0 Å². The number of para-hydroxylation sites is 1.